The number of thiophene rings is 1. The van der Waals surface area contributed by atoms with Crippen molar-refractivity contribution in [2.24, 2.45) is 13.0 Å². The predicted octanol–water partition coefficient (Wildman–Crippen LogP) is 3.35. The summed E-state index contributed by atoms with van der Waals surface area (Å²) in [5.41, 5.74) is 3.50. The lowest BCUT2D eigenvalue weighted by Crippen LogP contribution is -2.34. The van der Waals surface area contributed by atoms with Crippen molar-refractivity contribution < 1.29 is 4.79 Å². The van der Waals surface area contributed by atoms with Gasteiger partial charge in [-0.3, -0.25) is 4.79 Å². The summed E-state index contributed by atoms with van der Waals surface area (Å²) in [5.74, 6) is 0.845. The number of amides is 1. The van der Waals surface area contributed by atoms with E-state index in [1.807, 2.05) is 49.7 Å². The summed E-state index contributed by atoms with van der Waals surface area (Å²) in [5, 5.41) is 15.3. The monoisotopic (exact) mass is 409 g/mol. The molecule has 150 valence electrons. The Bertz CT molecular complexity index is 1170. The normalized spacial score (nSPS) is 12.6. The lowest BCUT2D eigenvalue weighted by Gasteiger charge is -2.22. The molecule has 4 rings (SSSR count). The molecule has 0 radical (unpaired) electrons. The molecule has 29 heavy (non-hydrogen) atoms. The Balaban J connectivity index is 1.73. The second-order valence-corrected chi connectivity index (χ2v) is 8.63. The van der Waals surface area contributed by atoms with Crippen molar-refractivity contribution in [1.29, 1.82) is 0 Å². The fourth-order valence-corrected chi connectivity index (χ4v) is 4.55. The van der Waals surface area contributed by atoms with Crippen molar-refractivity contribution in [3.05, 3.63) is 52.4 Å². The summed E-state index contributed by atoms with van der Waals surface area (Å²) >= 11 is 1.50. The number of para-hydroxylation sites is 2. The number of rotatable bonds is 5. The van der Waals surface area contributed by atoms with E-state index in [0.717, 1.165) is 32.3 Å². The van der Waals surface area contributed by atoms with Gasteiger partial charge in [-0.25, -0.2) is 4.98 Å². The lowest BCUT2D eigenvalue weighted by atomic mass is 10.0. The van der Waals surface area contributed by atoms with Gasteiger partial charge in [0.25, 0.3) is 5.91 Å². The first-order valence-corrected chi connectivity index (χ1v) is 10.3. The van der Waals surface area contributed by atoms with Crippen molar-refractivity contribution in [2.75, 3.05) is 0 Å². The Morgan fingerprint density at radius 1 is 1.21 bits per heavy atom. The lowest BCUT2D eigenvalue weighted by molar-refractivity contribution is 0.0922. The molecule has 0 aliphatic rings. The minimum absolute atomic E-state index is 0.150. The number of carbonyl (C=O) groups excluding carboxylic acids is 1. The number of nitrogens with one attached hydrogen (secondary N) is 1. The summed E-state index contributed by atoms with van der Waals surface area (Å²) in [7, 11) is 1.98. The predicted molar refractivity (Wildman–Crippen MR) is 112 cm³/mol. The summed E-state index contributed by atoms with van der Waals surface area (Å²) in [6.07, 6.45) is 1.51. The topological polar surface area (TPSA) is 90.5 Å². The van der Waals surface area contributed by atoms with E-state index in [4.69, 9.17) is 4.98 Å². The average Bonchev–Trinajstić information content (AvgIpc) is 3.40. The standard InChI is InChI=1S/C20H23N7OS/c1-11(2)17(18-22-14-8-6-7-9-15(14)26(18)5)23-19(28)16-12(3)13(4)29-20(16)27-10-21-24-25-27/h6-11,17H,1-5H3,(H,23,28)/t17-/m1/s1. The van der Waals surface area contributed by atoms with Gasteiger partial charge < -0.3 is 9.88 Å². The highest BCUT2D eigenvalue weighted by molar-refractivity contribution is 7.15. The molecular formula is C20H23N7OS. The molecule has 3 aromatic heterocycles. The molecular weight excluding hydrogens is 386 g/mol. The summed E-state index contributed by atoms with van der Waals surface area (Å²) in [6, 6.07) is 7.75. The Morgan fingerprint density at radius 3 is 2.62 bits per heavy atom. The van der Waals surface area contributed by atoms with Crippen molar-refractivity contribution in [3.63, 3.8) is 0 Å². The van der Waals surface area contributed by atoms with Gasteiger partial charge in [0, 0.05) is 11.9 Å². The molecule has 0 unspecified atom stereocenters. The van der Waals surface area contributed by atoms with Crippen LogP contribution in [0.2, 0.25) is 0 Å². The Morgan fingerprint density at radius 2 is 1.97 bits per heavy atom. The highest BCUT2D eigenvalue weighted by atomic mass is 32.1. The van der Waals surface area contributed by atoms with Crippen LogP contribution in [0.15, 0.2) is 30.6 Å². The van der Waals surface area contributed by atoms with Gasteiger partial charge in [-0.2, -0.15) is 4.68 Å². The van der Waals surface area contributed by atoms with Gasteiger partial charge in [0.05, 0.1) is 22.6 Å². The molecule has 9 heteroatoms. The van der Waals surface area contributed by atoms with Crippen molar-refractivity contribution in [3.8, 4) is 5.00 Å². The van der Waals surface area contributed by atoms with Crippen LogP contribution in [-0.2, 0) is 7.05 Å². The first-order chi connectivity index (χ1) is 13.9. The van der Waals surface area contributed by atoms with Crippen molar-refractivity contribution >= 4 is 28.3 Å². The summed E-state index contributed by atoms with van der Waals surface area (Å²) in [6.45, 7) is 8.11. The van der Waals surface area contributed by atoms with Crippen molar-refractivity contribution in [1.82, 2.24) is 35.1 Å². The zero-order chi connectivity index (χ0) is 20.7. The number of hydrogen-bond donors (Lipinski definition) is 1. The van der Waals surface area contributed by atoms with E-state index in [-0.39, 0.29) is 17.9 Å². The third-order valence-corrected chi connectivity index (χ3v) is 6.40. The molecule has 0 spiro atoms. The van der Waals surface area contributed by atoms with Crippen LogP contribution in [0.25, 0.3) is 16.0 Å². The molecule has 8 nitrogen and oxygen atoms in total. The molecule has 3 heterocycles. The molecule has 4 aromatic rings. The zero-order valence-electron chi connectivity index (χ0n) is 17.0. The molecule has 1 amide bonds. The fraction of sp³-hybridized carbons (Fsp3) is 0.350. The number of carbonyl (C=O) groups is 1. The number of aromatic nitrogens is 6. The first kappa shape index (κ1) is 19.3. The van der Waals surface area contributed by atoms with Gasteiger partial charge in [0.15, 0.2) is 0 Å². The summed E-state index contributed by atoms with van der Waals surface area (Å²) in [4.78, 5) is 19.2. The van der Waals surface area contributed by atoms with Crippen LogP contribution in [0, 0.1) is 19.8 Å². The van der Waals surface area contributed by atoms with E-state index in [9.17, 15) is 4.79 Å². The molecule has 1 atom stereocenters. The molecule has 0 saturated heterocycles. The van der Waals surface area contributed by atoms with E-state index >= 15 is 0 Å². The van der Waals surface area contributed by atoms with E-state index in [1.165, 1.54) is 17.7 Å². The van der Waals surface area contributed by atoms with Crippen molar-refractivity contribution in [2.45, 2.75) is 33.7 Å². The number of benzene rings is 1. The number of hydrogen-bond acceptors (Lipinski definition) is 6. The van der Waals surface area contributed by atoms with E-state index < -0.39 is 0 Å². The Hall–Kier alpha value is -3.07. The maximum atomic E-state index is 13.4. The molecule has 0 bridgehead atoms. The second kappa shape index (κ2) is 7.40. The summed E-state index contributed by atoms with van der Waals surface area (Å²) < 4.78 is 3.59. The maximum Gasteiger partial charge on any atom is 0.255 e. The van der Waals surface area contributed by atoms with Crippen LogP contribution in [0.4, 0.5) is 0 Å². The largest absolute Gasteiger partial charge is 0.342 e. The molecule has 0 aliphatic carbocycles. The SMILES string of the molecule is Cc1sc(-n2cnnn2)c(C(=O)N[C@@H](c2nc3ccccc3n2C)C(C)C)c1C. The van der Waals surface area contributed by atoms with Crippen LogP contribution >= 0.6 is 11.3 Å². The van der Waals surface area contributed by atoms with E-state index in [1.54, 1.807) is 4.68 Å². The fourth-order valence-electron chi connectivity index (χ4n) is 3.48. The quantitative estimate of drug-likeness (QED) is 0.546. The van der Waals surface area contributed by atoms with Crippen LogP contribution < -0.4 is 5.32 Å². The maximum absolute atomic E-state index is 13.4. The molecule has 1 aromatic carbocycles. The van der Waals surface area contributed by atoms with Crippen LogP contribution in [0.1, 0.15) is 46.5 Å². The average molecular weight is 410 g/mol. The van der Waals surface area contributed by atoms with Gasteiger partial charge in [-0.15, -0.1) is 16.4 Å². The second-order valence-electron chi connectivity index (χ2n) is 7.43. The minimum atomic E-state index is -0.235. The zero-order valence-corrected chi connectivity index (χ0v) is 17.9. The smallest absolute Gasteiger partial charge is 0.255 e. The minimum Gasteiger partial charge on any atom is -0.342 e. The van der Waals surface area contributed by atoms with Crippen LogP contribution in [0.5, 0.6) is 0 Å². The molecule has 0 aliphatic heterocycles. The molecule has 0 saturated carbocycles. The number of imidazole rings is 1. The molecule has 1 N–H and O–H groups in total. The van der Waals surface area contributed by atoms with Gasteiger partial charge >= 0.3 is 0 Å². The van der Waals surface area contributed by atoms with Gasteiger partial charge in [0.1, 0.15) is 17.2 Å². The van der Waals surface area contributed by atoms with E-state index in [2.05, 4.69) is 34.7 Å². The van der Waals surface area contributed by atoms with E-state index in [0.29, 0.717) is 5.56 Å². The van der Waals surface area contributed by atoms with Crippen LogP contribution in [-0.4, -0.2) is 35.7 Å². The van der Waals surface area contributed by atoms with Crippen LogP contribution in [0.3, 0.4) is 0 Å². The molecule has 0 fully saturated rings. The van der Waals surface area contributed by atoms with Gasteiger partial charge in [0.2, 0.25) is 0 Å². The van der Waals surface area contributed by atoms with Gasteiger partial charge in [-0.05, 0) is 47.9 Å². The number of tetrazole rings is 1. The third-order valence-electron chi connectivity index (χ3n) is 5.20. The number of nitrogens with zero attached hydrogens (tertiary/aromatic N) is 6. The highest BCUT2D eigenvalue weighted by Crippen LogP contribution is 2.31. The Kier molecular flexibility index (Phi) is 4.91. The highest BCUT2D eigenvalue weighted by Gasteiger charge is 2.28. The third kappa shape index (κ3) is 3.31. The van der Waals surface area contributed by atoms with Gasteiger partial charge in [-0.1, -0.05) is 26.0 Å². The Labute approximate surface area is 172 Å². The first-order valence-electron chi connectivity index (χ1n) is 9.44. The number of aryl methyl sites for hydroxylation is 2. The number of fused-ring (bicyclic) bond motifs is 1.